The lowest BCUT2D eigenvalue weighted by molar-refractivity contribution is -0.155. The first-order valence-electron chi connectivity index (χ1n) is 24.1. The topological polar surface area (TPSA) is 117 Å². The van der Waals surface area contributed by atoms with Crippen LogP contribution in [0.15, 0.2) is 60.2 Å². The quantitative estimate of drug-likeness (QED) is 0.202. The summed E-state index contributed by atoms with van der Waals surface area (Å²) in [6, 6.07) is 13.6. The third-order valence-corrected chi connectivity index (χ3v) is 15.4. The maximum atomic E-state index is 14.9. The van der Waals surface area contributed by atoms with Gasteiger partial charge in [-0.25, -0.2) is 5.43 Å². The van der Waals surface area contributed by atoms with E-state index in [2.05, 4.69) is 108 Å². The molecule has 5 atom stereocenters. The zero-order valence-corrected chi connectivity index (χ0v) is 38.4. The zero-order valence-electron chi connectivity index (χ0n) is 38.4. The van der Waals surface area contributed by atoms with Crippen LogP contribution in [0.5, 0.6) is 0 Å². The van der Waals surface area contributed by atoms with E-state index >= 15 is 0 Å². The summed E-state index contributed by atoms with van der Waals surface area (Å²) >= 11 is 0. The van der Waals surface area contributed by atoms with Crippen molar-refractivity contribution in [2.75, 3.05) is 46.4 Å². The van der Waals surface area contributed by atoms with E-state index in [1.54, 1.807) is 12.1 Å². The second-order valence-electron chi connectivity index (χ2n) is 20.4. The second kappa shape index (κ2) is 18.3. The van der Waals surface area contributed by atoms with Gasteiger partial charge in [-0.05, 0) is 142 Å². The van der Waals surface area contributed by atoms with Crippen LogP contribution in [0.1, 0.15) is 109 Å². The predicted molar refractivity (Wildman–Crippen MR) is 249 cm³/mol. The molecular weight excluding hydrogens is 789 g/mol. The number of aromatic nitrogens is 1. The number of nitrogens with zero attached hydrogens (tertiary/aromatic N) is 3. The van der Waals surface area contributed by atoms with Gasteiger partial charge in [-0.1, -0.05) is 69.2 Å². The maximum Gasteiger partial charge on any atom is 0.324 e. The molecule has 9 rings (SSSR count). The fraction of sp³-hybridized carbons (Fsp3) is 0.596. The van der Waals surface area contributed by atoms with E-state index in [0.29, 0.717) is 32.2 Å². The number of allylic oxidation sites excluding steroid dienone is 2. The minimum Gasteiger partial charge on any atom is -0.464 e. The Morgan fingerprint density at radius 1 is 1.03 bits per heavy atom. The van der Waals surface area contributed by atoms with Crippen molar-refractivity contribution in [3.05, 3.63) is 77.0 Å². The van der Waals surface area contributed by atoms with Crippen LogP contribution in [0.3, 0.4) is 0 Å². The number of hydrogen-bond acceptors (Lipinski definition) is 8. The molecule has 2 aromatic carbocycles. The average Bonchev–Trinajstić information content (AvgIpc) is 4.13. The van der Waals surface area contributed by atoms with Gasteiger partial charge in [-0.3, -0.25) is 24.3 Å². The van der Waals surface area contributed by atoms with Gasteiger partial charge < -0.3 is 24.7 Å². The van der Waals surface area contributed by atoms with Gasteiger partial charge in [0.05, 0.1) is 18.8 Å². The largest absolute Gasteiger partial charge is 0.464 e. The van der Waals surface area contributed by atoms with E-state index in [1.165, 1.54) is 33.3 Å². The van der Waals surface area contributed by atoms with Crippen LogP contribution in [-0.4, -0.2) is 103 Å². The first-order valence-corrected chi connectivity index (χ1v) is 24.1. The number of nitrogens with one attached hydrogen (secondary N) is 3. The molecule has 338 valence electrons. The van der Waals surface area contributed by atoms with E-state index in [-0.39, 0.29) is 47.9 Å². The molecule has 0 radical (unpaired) electrons. The number of carbonyl (C=O) groups excluding carboxylic acids is 3. The molecule has 6 aliphatic rings. The molecule has 2 aliphatic carbocycles. The van der Waals surface area contributed by atoms with E-state index < -0.39 is 17.5 Å². The van der Waals surface area contributed by atoms with Gasteiger partial charge in [-0.15, -0.1) is 0 Å². The molecule has 5 heterocycles. The number of rotatable bonds is 8. The molecule has 11 nitrogen and oxygen atoms in total. The number of amides is 2. The van der Waals surface area contributed by atoms with Crippen LogP contribution in [0.2, 0.25) is 0 Å². The van der Waals surface area contributed by atoms with Gasteiger partial charge in [0.25, 0.3) is 5.91 Å². The SMILES string of the molecule is CCn1c(C2=C([C@H](C)OC)C=CCC2)c2c3cc(ccc31)-c1cccc(c1)C[C@H](NC(=O)[C@H](C1CCCC1)N1CC[C@]3(CCNC3)C1)C(=O)N1CCC[C@H](N1)C(=O)OCC(C)(C)C2. The molecule has 4 aliphatic heterocycles. The Morgan fingerprint density at radius 2 is 1.86 bits per heavy atom. The molecule has 3 aromatic rings. The Labute approximate surface area is 374 Å². The number of fused-ring (bicyclic) bond motifs is 6. The fourth-order valence-corrected chi connectivity index (χ4v) is 12.0. The van der Waals surface area contributed by atoms with Gasteiger partial charge in [0.2, 0.25) is 5.91 Å². The monoisotopic (exact) mass is 859 g/mol. The molecule has 3 saturated heterocycles. The van der Waals surface area contributed by atoms with Crippen molar-refractivity contribution in [2.24, 2.45) is 16.7 Å². The lowest BCUT2D eigenvalue weighted by Gasteiger charge is -2.37. The second-order valence-corrected chi connectivity index (χ2v) is 20.4. The minimum absolute atomic E-state index is 0.0439. The Bertz CT molecular complexity index is 2260. The van der Waals surface area contributed by atoms with E-state index in [1.807, 2.05) is 0 Å². The fourth-order valence-electron chi connectivity index (χ4n) is 12.0. The number of cyclic esters (lactones) is 1. The van der Waals surface area contributed by atoms with E-state index in [4.69, 9.17) is 9.47 Å². The van der Waals surface area contributed by atoms with Gasteiger partial charge in [-0.2, -0.15) is 0 Å². The summed E-state index contributed by atoms with van der Waals surface area (Å²) in [5.41, 5.74) is 12.5. The lowest BCUT2D eigenvalue weighted by Crippen LogP contribution is -2.62. The lowest BCUT2D eigenvalue weighted by atomic mass is 9.82. The molecule has 1 saturated carbocycles. The molecule has 0 unspecified atom stereocenters. The minimum atomic E-state index is -0.821. The Morgan fingerprint density at radius 3 is 2.63 bits per heavy atom. The highest BCUT2D eigenvalue weighted by Gasteiger charge is 2.47. The van der Waals surface area contributed by atoms with Crippen molar-refractivity contribution in [3.63, 3.8) is 0 Å². The van der Waals surface area contributed by atoms with Crippen LogP contribution < -0.4 is 16.1 Å². The molecular formula is C52H70N6O5. The van der Waals surface area contributed by atoms with Crippen molar-refractivity contribution in [2.45, 2.75) is 136 Å². The number of likely N-dealkylation sites (tertiary alicyclic amines) is 1. The zero-order chi connectivity index (χ0) is 43.9. The Balaban J connectivity index is 1.12. The molecule has 1 aromatic heterocycles. The summed E-state index contributed by atoms with van der Waals surface area (Å²) in [5, 5.41) is 9.73. The third-order valence-electron chi connectivity index (χ3n) is 15.4. The summed E-state index contributed by atoms with van der Waals surface area (Å²) in [5.74, 6) is -0.343. The van der Waals surface area contributed by atoms with Crippen LogP contribution >= 0.6 is 0 Å². The normalized spacial score (nSPS) is 27.0. The standard InChI is InChI=1S/C52H70N6O5/c1-6-57-45-21-20-38-29-41(45)42(47(57)40-18-10-9-17-39(40)34(2)62-5)30-51(3,4)33-63-50(61)43-19-12-25-58(55-43)49(60)44(28-35-13-11-16-37(38)27-35)54-48(59)46(36-14-7-8-15-36)56-26-23-52(32-56)22-24-53-31-52/h9,11,13,16-17,20-21,27,29,34,36,43-44,46,53,55H,6-8,10,12,14-15,18-19,22-26,28,30-33H2,1-5H3,(H,54,59)/t34-,43-,44-,46-,52-/m0/s1. The number of hydrazine groups is 1. The number of methoxy groups -OCH3 is 1. The molecule has 63 heavy (non-hydrogen) atoms. The van der Waals surface area contributed by atoms with Crippen molar-refractivity contribution in [1.29, 1.82) is 0 Å². The van der Waals surface area contributed by atoms with Gasteiger partial charge in [0, 0.05) is 61.7 Å². The molecule has 6 bridgehead atoms. The number of hydrogen-bond donors (Lipinski definition) is 3. The predicted octanol–water partition coefficient (Wildman–Crippen LogP) is 7.36. The van der Waals surface area contributed by atoms with E-state index in [9.17, 15) is 14.4 Å². The Kier molecular flexibility index (Phi) is 12.8. The van der Waals surface area contributed by atoms with Crippen LogP contribution in [0.25, 0.3) is 27.6 Å². The first-order chi connectivity index (χ1) is 30.5. The molecule has 3 N–H and O–H groups in total. The van der Waals surface area contributed by atoms with Gasteiger partial charge in [0.15, 0.2) is 0 Å². The smallest absolute Gasteiger partial charge is 0.324 e. The van der Waals surface area contributed by atoms with Crippen molar-refractivity contribution in [1.82, 2.24) is 30.5 Å². The number of ether oxygens (including phenoxy) is 2. The average molecular weight is 859 g/mol. The van der Waals surface area contributed by atoms with Crippen LogP contribution in [0, 0.1) is 16.7 Å². The highest BCUT2D eigenvalue weighted by Crippen LogP contribution is 2.43. The van der Waals surface area contributed by atoms with Crippen molar-refractivity contribution in [3.8, 4) is 11.1 Å². The summed E-state index contributed by atoms with van der Waals surface area (Å²) in [6.07, 6.45) is 15.2. The number of carbonyl (C=O) groups is 3. The molecule has 4 fully saturated rings. The summed E-state index contributed by atoms with van der Waals surface area (Å²) in [4.78, 5) is 46.1. The summed E-state index contributed by atoms with van der Waals surface area (Å²) in [6.45, 7) is 14.1. The van der Waals surface area contributed by atoms with Crippen LogP contribution in [0.4, 0.5) is 0 Å². The number of aryl methyl sites for hydroxylation is 1. The Hall–Kier alpha value is -4.29. The maximum absolute atomic E-state index is 14.9. The molecule has 2 amide bonds. The van der Waals surface area contributed by atoms with E-state index in [0.717, 1.165) is 101 Å². The van der Waals surface area contributed by atoms with Crippen molar-refractivity contribution >= 4 is 34.3 Å². The summed E-state index contributed by atoms with van der Waals surface area (Å²) in [7, 11) is 1.78. The molecule has 1 spiro atoms. The molecule has 11 heteroatoms. The van der Waals surface area contributed by atoms with Gasteiger partial charge >= 0.3 is 5.97 Å². The third kappa shape index (κ3) is 8.92. The highest BCUT2D eigenvalue weighted by molar-refractivity contribution is 5.95. The van der Waals surface area contributed by atoms with Crippen molar-refractivity contribution < 1.29 is 23.9 Å². The number of esters is 1. The first kappa shape index (κ1) is 43.9. The number of benzene rings is 2. The van der Waals surface area contributed by atoms with Gasteiger partial charge in [0.1, 0.15) is 12.1 Å². The highest BCUT2D eigenvalue weighted by atomic mass is 16.5. The van der Waals surface area contributed by atoms with Crippen LogP contribution in [-0.2, 0) is 43.2 Å². The summed E-state index contributed by atoms with van der Waals surface area (Å²) < 4.78 is 14.6.